The molecule has 1 aromatic heterocycles. The smallest absolute Gasteiger partial charge is 0.126 e. The minimum Gasteiger partial charge on any atom is -0.507 e. The van der Waals surface area contributed by atoms with Crippen LogP contribution in [-0.2, 0) is 0 Å². The second kappa shape index (κ2) is 3.46. The van der Waals surface area contributed by atoms with Crippen molar-refractivity contribution in [3.05, 3.63) is 40.1 Å². The zero-order chi connectivity index (χ0) is 10.1. The van der Waals surface area contributed by atoms with Gasteiger partial charge in [0.05, 0.1) is 0 Å². The van der Waals surface area contributed by atoms with Gasteiger partial charge < -0.3 is 5.11 Å². The molecule has 0 fully saturated rings. The van der Waals surface area contributed by atoms with Crippen molar-refractivity contribution in [3.8, 4) is 16.9 Å². The van der Waals surface area contributed by atoms with Crippen molar-refractivity contribution in [1.29, 1.82) is 0 Å². The first-order valence-corrected chi connectivity index (χ1v) is 5.45. The minimum atomic E-state index is 0.397. The van der Waals surface area contributed by atoms with Gasteiger partial charge in [0.15, 0.2) is 0 Å². The number of hydrogen-bond acceptors (Lipinski definition) is 2. The molecule has 0 spiro atoms. The summed E-state index contributed by atoms with van der Waals surface area (Å²) < 4.78 is 0. The second-order valence-electron chi connectivity index (χ2n) is 3.49. The largest absolute Gasteiger partial charge is 0.507 e. The molecule has 1 heterocycles. The van der Waals surface area contributed by atoms with Gasteiger partial charge in [-0.05, 0) is 53.4 Å². The lowest BCUT2D eigenvalue weighted by Crippen LogP contribution is -1.83. The maximum Gasteiger partial charge on any atom is 0.126 e. The highest BCUT2D eigenvalue weighted by molar-refractivity contribution is 7.08. The molecule has 72 valence electrons. The van der Waals surface area contributed by atoms with Gasteiger partial charge in [-0.1, -0.05) is 6.07 Å². The van der Waals surface area contributed by atoms with Crippen LogP contribution in [0.3, 0.4) is 0 Å². The SMILES string of the molecule is Cc1cc(C)c(O)c(-c2ccsc2)c1. The zero-order valence-electron chi connectivity index (χ0n) is 8.24. The van der Waals surface area contributed by atoms with Gasteiger partial charge in [-0.15, -0.1) is 0 Å². The van der Waals surface area contributed by atoms with Crippen molar-refractivity contribution < 1.29 is 5.11 Å². The summed E-state index contributed by atoms with van der Waals surface area (Å²) in [6, 6.07) is 6.04. The van der Waals surface area contributed by atoms with E-state index in [0.717, 1.165) is 16.7 Å². The highest BCUT2D eigenvalue weighted by Crippen LogP contribution is 2.33. The van der Waals surface area contributed by atoms with Crippen LogP contribution in [-0.4, -0.2) is 5.11 Å². The zero-order valence-corrected chi connectivity index (χ0v) is 9.06. The summed E-state index contributed by atoms with van der Waals surface area (Å²) in [6.07, 6.45) is 0. The van der Waals surface area contributed by atoms with Crippen LogP contribution in [0.2, 0.25) is 0 Å². The number of thiophene rings is 1. The highest BCUT2D eigenvalue weighted by atomic mass is 32.1. The Balaban J connectivity index is 2.64. The van der Waals surface area contributed by atoms with E-state index in [1.807, 2.05) is 42.8 Å². The Kier molecular flexibility index (Phi) is 2.30. The monoisotopic (exact) mass is 204 g/mol. The Labute approximate surface area is 87.7 Å². The molecule has 0 bridgehead atoms. The van der Waals surface area contributed by atoms with Crippen LogP contribution in [0, 0.1) is 13.8 Å². The van der Waals surface area contributed by atoms with Crippen LogP contribution in [0.5, 0.6) is 5.75 Å². The Morgan fingerprint density at radius 2 is 2.00 bits per heavy atom. The van der Waals surface area contributed by atoms with Crippen molar-refractivity contribution in [2.75, 3.05) is 0 Å². The third kappa shape index (κ3) is 1.53. The third-order valence-electron chi connectivity index (χ3n) is 2.28. The fourth-order valence-corrected chi connectivity index (χ4v) is 2.25. The van der Waals surface area contributed by atoms with Crippen molar-refractivity contribution in [1.82, 2.24) is 0 Å². The van der Waals surface area contributed by atoms with Crippen molar-refractivity contribution in [2.45, 2.75) is 13.8 Å². The number of hydrogen-bond donors (Lipinski definition) is 1. The molecular formula is C12H12OS. The average Bonchev–Trinajstić information content (AvgIpc) is 2.63. The minimum absolute atomic E-state index is 0.397. The Hall–Kier alpha value is -1.28. The Morgan fingerprint density at radius 1 is 1.21 bits per heavy atom. The van der Waals surface area contributed by atoms with Gasteiger partial charge in [0.1, 0.15) is 5.75 Å². The van der Waals surface area contributed by atoms with Crippen LogP contribution >= 0.6 is 11.3 Å². The molecule has 1 aromatic carbocycles. The summed E-state index contributed by atoms with van der Waals surface area (Å²) in [4.78, 5) is 0. The predicted octanol–water partition coefficient (Wildman–Crippen LogP) is 3.74. The number of rotatable bonds is 1. The van der Waals surface area contributed by atoms with Gasteiger partial charge in [0, 0.05) is 5.56 Å². The average molecular weight is 204 g/mol. The van der Waals surface area contributed by atoms with E-state index in [1.165, 1.54) is 5.56 Å². The van der Waals surface area contributed by atoms with E-state index >= 15 is 0 Å². The summed E-state index contributed by atoms with van der Waals surface area (Å²) >= 11 is 1.64. The molecule has 1 nitrogen and oxygen atoms in total. The number of aryl methyl sites for hydroxylation is 2. The molecule has 2 rings (SSSR count). The molecule has 0 radical (unpaired) electrons. The summed E-state index contributed by atoms with van der Waals surface area (Å²) in [7, 11) is 0. The van der Waals surface area contributed by atoms with Gasteiger partial charge in [-0.3, -0.25) is 0 Å². The van der Waals surface area contributed by atoms with Crippen LogP contribution in [0.1, 0.15) is 11.1 Å². The lowest BCUT2D eigenvalue weighted by molar-refractivity contribution is 0.473. The van der Waals surface area contributed by atoms with Gasteiger partial charge >= 0.3 is 0 Å². The number of benzene rings is 1. The third-order valence-corrected chi connectivity index (χ3v) is 2.96. The predicted molar refractivity (Wildman–Crippen MR) is 60.9 cm³/mol. The molecule has 0 aliphatic rings. The van der Waals surface area contributed by atoms with Crippen LogP contribution < -0.4 is 0 Å². The molecule has 0 aliphatic carbocycles. The first-order valence-electron chi connectivity index (χ1n) is 4.51. The van der Waals surface area contributed by atoms with Crippen LogP contribution in [0.15, 0.2) is 29.0 Å². The van der Waals surface area contributed by atoms with Crippen molar-refractivity contribution in [3.63, 3.8) is 0 Å². The number of phenolic OH excluding ortho intramolecular Hbond substituents is 1. The maximum absolute atomic E-state index is 9.90. The maximum atomic E-state index is 9.90. The summed E-state index contributed by atoms with van der Waals surface area (Å²) in [5, 5.41) is 14.0. The first-order chi connectivity index (χ1) is 6.68. The number of aromatic hydroxyl groups is 1. The van der Waals surface area contributed by atoms with Gasteiger partial charge in [-0.25, -0.2) is 0 Å². The molecule has 14 heavy (non-hydrogen) atoms. The normalized spacial score (nSPS) is 10.4. The van der Waals surface area contributed by atoms with E-state index in [-0.39, 0.29) is 0 Å². The van der Waals surface area contributed by atoms with E-state index in [4.69, 9.17) is 0 Å². The van der Waals surface area contributed by atoms with E-state index in [0.29, 0.717) is 5.75 Å². The van der Waals surface area contributed by atoms with E-state index in [2.05, 4.69) is 0 Å². The van der Waals surface area contributed by atoms with E-state index in [1.54, 1.807) is 11.3 Å². The van der Waals surface area contributed by atoms with Crippen molar-refractivity contribution >= 4 is 11.3 Å². The summed E-state index contributed by atoms with van der Waals surface area (Å²) in [5.74, 6) is 0.397. The molecule has 0 saturated carbocycles. The molecule has 0 unspecified atom stereocenters. The van der Waals surface area contributed by atoms with Gasteiger partial charge in [-0.2, -0.15) is 11.3 Å². The fraction of sp³-hybridized carbons (Fsp3) is 0.167. The molecule has 0 amide bonds. The molecular weight excluding hydrogens is 192 g/mol. The van der Waals surface area contributed by atoms with Crippen molar-refractivity contribution in [2.24, 2.45) is 0 Å². The molecule has 1 N–H and O–H groups in total. The molecule has 0 atom stereocenters. The summed E-state index contributed by atoms with van der Waals surface area (Å²) in [6.45, 7) is 3.97. The standard InChI is InChI=1S/C12H12OS/c1-8-5-9(2)12(13)11(6-8)10-3-4-14-7-10/h3-7,13H,1-2H3. The molecule has 0 aliphatic heterocycles. The molecule has 0 saturated heterocycles. The Morgan fingerprint density at radius 3 is 2.64 bits per heavy atom. The van der Waals surface area contributed by atoms with Crippen LogP contribution in [0.4, 0.5) is 0 Å². The lowest BCUT2D eigenvalue weighted by Gasteiger charge is -2.07. The molecule has 2 aromatic rings. The Bertz CT molecular complexity index is 444. The number of phenols is 1. The lowest BCUT2D eigenvalue weighted by atomic mass is 10.0. The fourth-order valence-electron chi connectivity index (χ4n) is 1.60. The second-order valence-corrected chi connectivity index (χ2v) is 4.27. The summed E-state index contributed by atoms with van der Waals surface area (Å²) in [5.41, 5.74) is 4.15. The van der Waals surface area contributed by atoms with E-state index in [9.17, 15) is 5.11 Å². The van der Waals surface area contributed by atoms with Crippen LogP contribution in [0.25, 0.3) is 11.1 Å². The van der Waals surface area contributed by atoms with Gasteiger partial charge in [0.2, 0.25) is 0 Å². The first kappa shape index (κ1) is 9.28. The molecule has 2 heteroatoms. The van der Waals surface area contributed by atoms with E-state index < -0.39 is 0 Å². The topological polar surface area (TPSA) is 20.2 Å². The quantitative estimate of drug-likeness (QED) is 0.750. The van der Waals surface area contributed by atoms with Gasteiger partial charge in [0.25, 0.3) is 0 Å². The highest BCUT2D eigenvalue weighted by Gasteiger charge is 2.07.